The number of thioether (sulfide) groups is 1. The Morgan fingerprint density at radius 1 is 1.45 bits per heavy atom. The predicted molar refractivity (Wildman–Crippen MR) is 48.9 cm³/mol. The lowest BCUT2D eigenvalue weighted by molar-refractivity contribution is 0.872. The Hall–Kier alpha value is -0.540. The fourth-order valence-electron chi connectivity index (χ4n) is 0.705. The van der Waals surface area contributed by atoms with Crippen molar-refractivity contribution in [3.05, 3.63) is 24.5 Å². The summed E-state index contributed by atoms with van der Waals surface area (Å²) in [7, 11) is 1.97. The van der Waals surface area contributed by atoms with Gasteiger partial charge in [-0.25, -0.2) is 0 Å². The molecule has 0 saturated carbocycles. The van der Waals surface area contributed by atoms with Crippen LogP contribution >= 0.6 is 11.8 Å². The van der Waals surface area contributed by atoms with Crippen molar-refractivity contribution < 1.29 is 0 Å². The number of hydrogen-bond acceptors (Lipinski definition) is 3. The highest BCUT2D eigenvalue weighted by atomic mass is 32.2. The van der Waals surface area contributed by atoms with E-state index in [0.29, 0.717) is 0 Å². The van der Waals surface area contributed by atoms with E-state index in [4.69, 9.17) is 0 Å². The van der Waals surface area contributed by atoms with E-state index in [1.54, 1.807) is 0 Å². The summed E-state index contributed by atoms with van der Waals surface area (Å²) in [6.45, 7) is 1.05. The molecule has 0 fully saturated rings. The summed E-state index contributed by atoms with van der Waals surface area (Å²) in [5.74, 6) is 1.11. The molecular formula is C8H12N2S. The predicted octanol–water partition coefficient (Wildman–Crippen LogP) is 1.39. The number of aromatic nitrogens is 1. The lowest BCUT2D eigenvalue weighted by atomic mass is 10.5. The highest BCUT2D eigenvalue weighted by Crippen LogP contribution is 2.14. The van der Waals surface area contributed by atoms with Crippen LogP contribution in [0.5, 0.6) is 0 Å². The molecule has 1 rings (SSSR count). The van der Waals surface area contributed by atoms with Gasteiger partial charge in [-0.1, -0.05) is 0 Å². The third-order valence-electron chi connectivity index (χ3n) is 1.27. The van der Waals surface area contributed by atoms with Gasteiger partial charge in [0.05, 0.1) is 0 Å². The summed E-state index contributed by atoms with van der Waals surface area (Å²) in [5.41, 5.74) is 0. The number of hydrogen-bond donors (Lipinski definition) is 1. The normalized spacial score (nSPS) is 9.91. The third kappa shape index (κ3) is 3.39. The molecule has 1 heterocycles. The van der Waals surface area contributed by atoms with Gasteiger partial charge in [0, 0.05) is 29.6 Å². The highest BCUT2D eigenvalue weighted by molar-refractivity contribution is 7.99. The second-order valence-electron chi connectivity index (χ2n) is 2.13. The van der Waals surface area contributed by atoms with Crippen LogP contribution in [0.4, 0.5) is 0 Å². The first kappa shape index (κ1) is 8.56. The van der Waals surface area contributed by atoms with Crippen LogP contribution in [0.15, 0.2) is 29.4 Å². The Morgan fingerprint density at radius 3 is 2.82 bits per heavy atom. The van der Waals surface area contributed by atoms with Crippen LogP contribution in [0.3, 0.4) is 0 Å². The lowest BCUT2D eigenvalue weighted by Gasteiger charge is -1.98. The van der Waals surface area contributed by atoms with Gasteiger partial charge < -0.3 is 5.32 Å². The zero-order valence-electron chi connectivity index (χ0n) is 6.58. The first-order valence-electron chi connectivity index (χ1n) is 3.61. The molecule has 0 unspecified atom stereocenters. The maximum absolute atomic E-state index is 3.94. The molecule has 0 aliphatic rings. The summed E-state index contributed by atoms with van der Waals surface area (Å²) in [4.78, 5) is 5.23. The standard InChI is InChI=1S/C8H12N2S/c1-9-6-7-11-8-2-4-10-5-3-8/h2-5,9H,6-7H2,1H3. The minimum atomic E-state index is 1.05. The molecule has 0 spiro atoms. The van der Waals surface area contributed by atoms with Gasteiger partial charge in [-0.2, -0.15) is 0 Å². The van der Waals surface area contributed by atoms with Gasteiger partial charge in [-0.05, 0) is 19.2 Å². The van der Waals surface area contributed by atoms with Crippen LogP contribution in [-0.2, 0) is 0 Å². The molecule has 0 aliphatic heterocycles. The maximum Gasteiger partial charge on any atom is 0.0278 e. The van der Waals surface area contributed by atoms with Crippen molar-refractivity contribution in [1.82, 2.24) is 10.3 Å². The largest absolute Gasteiger partial charge is 0.319 e. The van der Waals surface area contributed by atoms with Crippen molar-refractivity contribution in [3.63, 3.8) is 0 Å². The van der Waals surface area contributed by atoms with Gasteiger partial charge in [0.25, 0.3) is 0 Å². The van der Waals surface area contributed by atoms with Crippen molar-refractivity contribution in [2.45, 2.75) is 4.90 Å². The molecule has 0 radical (unpaired) electrons. The number of nitrogens with zero attached hydrogens (tertiary/aromatic N) is 1. The number of pyridine rings is 1. The summed E-state index contributed by atoms with van der Waals surface area (Å²) < 4.78 is 0. The van der Waals surface area contributed by atoms with Crippen LogP contribution in [0.25, 0.3) is 0 Å². The van der Waals surface area contributed by atoms with E-state index in [9.17, 15) is 0 Å². The smallest absolute Gasteiger partial charge is 0.0278 e. The molecule has 0 aliphatic carbocycles. The average molecular weight is 168 g/mol. The van der Waals surface area contributed by atoms with E-state index in [1.165, 1.54) is 4.90 Å². The third-order valence-corrected chi connectivity index (χ3v) is 2.28. The molecule has 3 heteroatoms. The van der Waals surface area contributed by atoms with E-state index < -0.39 is 0 Å². The Morgan fingerprint density at radius 2 is 2.18 bits per heavy atom. The van der Waals surface area contributed by atoms with Gasteiger partial charge in [0.1, 0.15) is 0 Å². The molecule has 0 bridgehead atoms. The molecule has 2 nitrogen and oxygen atoms in total. The monoisotopic (exact) mass is 168 g/mol. The first-order chi connectivity index (χ1) is 5.43. The second kappa shape index (κ2) is 5.16. The summed E-state index contributed by atoms with van der Waals surface area (Å²) in [6, 6.07) is 4.06. The van der Waals surface area contributed by atoms with Crippen LogP contribution in [0.1, 0.15) is 0 Å². The zero-order valence-corrected chi connectivity index (χ0v) is 7.40. The van der Waals surface area contributed by atoms with Gasteiger partial charge in [0.15, 0.2) is 0 Å². The quantitative estimate of drug-likeness (QED) is 0.543. The Balaban J connectivity index is 2.28. The molecule has 60 valence electrons. The molecule has 1 aromatic heterocycles. The summed E-state index contributed by atoms with van der Waals surface area (Å²) >= 11 is 1.84. The Labute approximate surface area is 71.4 Å². The van der Waals surface area contributed by atoms with Crippen LogP contribution < -0.4 is 5.32 Å². The molecule has 0 saturated heterocycles. The number of rotatable bonds is 4. The van der Waals surface area contributed by atoms with Gasteiger partial charge >= 0.3 is 0 Å². The van der Waals surface area contributed by atoms with E-state index in [-0.39, 0.29) is 0 Å². The fourth-order valence-corrected chi connectivity index (χ4v) is 1.56. The van der Waals surface area contributed by atoms with E-state index >= 15 is 0 Å². The van der Waals surface area contributed by atoms with E-state index in [2.05, 4.69) is 10.3 Å². The van der Waals surface area contributed by atoms with Crippen LogP contribution in [-0.4, -0.2) is 24.3 Å². The lowest BCUT2D eigenvalue weighted by Crippen LogP contribution is -2.09. The molecule has 0 aromatic carbocycles. The summed E-state index contributed by atoms with van der Waals surface area (Å²) in [5, 5.41) is 3.10. The topological polar surface area (TPSA) is 24.9 Å². The average Bonchev–Trinajstić information content (AvgIpc) is 2.07. The molecule has 0 amide bonds. The summed E-state index contributed by atoms with van der Waals surface area (Å²) in [6.07, 6.45) is 3.64. The molecule has 1 aromatic rings. The van der Waals surface area contributed by atoms with Gasteiger partial charge in [-0.3, -0.25) is 4.98 Å². The molecule has 11 heavy (non-hydrogen) atoms. The highest BCUT2D eigenvalue weighted by Gasteiger charge is 1.89. The zero-order chi connectivity index (χ0) is 7.94. The maximum atomic E-state index is 3.94. The van der Waals surface area contributed by atoms with E-state index in [0.717, 1.165) is 12.3 Å². The minimum Gasteiger partial charge on any atom is -0.319 e. The fraction of sp³-hybridized carbons (Fsp3) is 0.375. The Kier molecular flexibility index (Phi) is 4.01. The van der Waals surface area contributed by atoms with Gasteiger partial charge in [0.2, 0.25) is 0 Å². The van der Waals surface area contributed by atoms with Crippen molar-refractivity contribution in [3.8, 4) is 0 Å². The van der Waals surface area contributed by atoms with Crippen molar-refractivity contribution >= 4 is 11.8 Å². The van der Waals surface area contributed by atoms with Crippen molar-refractivity contribution in [1.29, 1.82) is 0 Å². The van der Waals surface area contributed by atoms with Crippen molar-refractivity contribution in [2.24, 2.45) is 0 Å². The number of nitrogens with one attached hydrogen (secondary N) is 1. The molecule has 1 N–H and O–H groups in total. The van der Waals surface area contributed by atoms with Gasteiger partial charge in [-0.15, -0.1) is 11.8 Å². The Bertz CT molecular complexity index is 189. The van der Waals surface area contributed by atoms with E-state index in [1.807, 2.05) is 43.3 Å². The first-order valence-corrected chi connectivity index (χ1v) is 4.59. The molecule has 0 atom stereocenters. The van der Waals surface area contributed by atoms with Crippen molar-refractivity contribution in [2.75, 3.05) is 19.3 Å². The van der Waals surface area contributed by atoms with Crippen LogP contribution in [0, 0.1) is 0 Å². The SMILES string of the molecule is CNCCSc1ccncc1. The van der Waals surface area contributed by atoms with Crippen LogP contribution in [0.2, 0.25) is 0 Å². The minimum absolute atomic E-state index is 1.05. The molecular weight excluding hydrogens is 156 g/mol. The second-order valence-corrected chi connectivity index (χ2v) is 3.30.